The Hall–Kier alpha value is -2.12. The summed E-state index contributed by atoms with van der Waals surface area (Å²) in [6.45, 7) is 0.0636. The zero-order valence-corrected chi connectivity index (χ0v) is 11.5. The zero-order chi connectivity index (χ0) is 14.6. The van der Waals surface area contributed by atoms with E-state index in [0.717, 1.165) is 0 Å². The third-order valence-electron chi connectivity index (χ3n) is 2.60. The first-order valence-corrected chi connectivity index (χ1v) is 7.21. The molecule has 7 heteroatoms. The maximum Gasteiger partial charge on any atom is 0.337 e. The molecule has 0 saturated carbocycles. The minimum absolute atomic E-state index is 0.0636. The van der Waals surface area contributed by atoms with Crippen molar-refractivity contribution in [1.82, 2.24) is 4.72 Å². The zero-order valence-electron chi connectivity index (χ0n) is 10.7. The van der Waals surface area contributed by atoms with Crippen molar-refractivity contribution in [3.8, 4) is 0 Å². The number of ether oxygens (including phenoxy) is 1. The van der Waals surface area contributed by atoms with Crippen molar-refractivity contribution in [3.05, 3.63) is 54.0 Å². The summed E-state index contributed by atoms with van der Waals surface area (Å²) in [7, 11) is -2.39. The number of carbonyl (C=O) groups excluding carboxylic acids is 1. The van der Waals surface area contributed by atoms with Crippen LogP contribution in [0.4, 0.5) is 0 Å². The van der Waals surface area contributed by atoms with Gasteiger partial charge in [-0.1, -0.05) is 0 Å². The van der Waals surface area contributed by atoms with Gasteiger partial charge in [0.2, 0.25) is 10.0 Å². The molecule has 0 radical (unpaired) electrons. The maximum atomic E-state index is 12.0. The summed E-state index contributed by atoms with van der Waals surface area (Å²) in [6.07, 6.45) is 1.47. The van der Waals surface area contributed by atoms with Crippen molar-refractivity contribution in [2.24, 2.45) is 0 Å². The van der Waals surface area contributed by atoms with Gasteiger partial charge in [0.05, 0.1) is 30.4 Å². The first-order chi connectivity index (χ1) is 9.53. The molecule has 1 N–H and O–H groups in total. The van der Waals surface area contributed by atoms with E-state index in [1.807, 2.05) is 0 Å². The van der Waals surface area contributed by atoms with Gasteiger partial charge in [-0.05, 0) is 36.4 Å². The molecule has 0 atom stereocenters. The molecule has 20 heavy (non-hydrogen) atoms. The lowest BCUT2D eigenvalue weighted by molar-refractivity contribution is 0.0600. The third kappa shape index (κ3) is 3.25. The molecule has 2 rings (SSSR count). The second-order valence-corrected chi connectivity index (χ2v) is 5.69. The lowest BCUT2D eigenvalue weighted by atomic mass is 10.2. The molecule has 2 aromatic rings. The molecule has 1 aromatic carbocycles. The Kier molecular flexibility index (Phi) is 4.21. The van der Waals surface area contributed by atoms with Gasteiger partial charge in [-0.2, -0.15) is 0 Å². The Bertz CT molecular complexity index is 674. The molecule has 0 aliphatic rings. The van der Waals surface area contributed by atoms with E-state index in [0.29, 0.717) is 5.76 Å². The molecule has 1 heterocycles. The summed E-state index contributed by atoms with van der Waals surface area (Å²) in [5, 5.41) is 0. The number of hydrogen-bond acceptors (Lipinski definition) is 5. The van der Waals surface area contributed by atoms with Crippen molar-refractivity contribution in [1.29, 1.82) is 0 Å². The van der Waals surface area contributed by atoms with E-state index < -0.39 is 16.0 Å². The molecular formula is C13H13NO5S. The quantitative estimate of drug-likeness (QED) is 0.846. The highest BCUT2D eigenvalue weighted by Gasteiger charge is 2.15. The van der Waals surface area contributed by atoms with Crippen LogP contribution in [0.3, 0.4) is 0 Å². The Morgan fingerprint density at radius 2 is 1.95 bits per heavy atom. The second kappa shape index (κ2) is 5.89. The summed E-state index contributed by atoms with van der Waals surface area (Å²) in [4.78, 5) is 11.3. The largest absolute Gasteiger partial charge is 0.468 e. The van der Waals surface area contributed by atoms with E-state index >= 15 is 0 Å². The van der Waals surface area contributed by atoms with Crippen LogP contribution in [0.5, 0.6) is 0 Å². The van der Waals surface area contributed by atoms with E-state index in [1.54, 1.807) is 12.1 Å². The van der Waals surface area contributed by atoms with Gasteiger partial charge in [0, 0.05) is 0 Å². The topological polar surface area (TPSA) is 85.6 Å². The van der Waals surface area contributed by atoms with Crippen molar-refractivity contribution in [2.45, 2.75) is 11.4 Å². The first kappa shape index (κ1) is 14.3. The number of esters is 1. The molecule has 0 spiro atoms. The van der Waals surface area contributed by atoms with Gasteiger partial charge in [0.1, 0.15) is 5.76 Å². The Morgan fingerprint density at radius 3 is 2.50 bits per heavy atom. The Labute approximate surface area is 116 Å². The summed E-state index contributed by atoms with van der Waals surface area (Å²) >= 11 is 0. The van der Waals surface area contributed by atoms with Crippen LogP contribution < -0.4 is 4.72 Å². The van der Waals surface area contributed by atoms with E-state index in [9.17, 15) is 13.2 Å². The highest BCUT2D eigenvalue weighted by Crippen LogP contribution is 2.12. The van der Waals surface area contributed by atoms with Crippen LogP contribution in [0, 0.1) is 0 Å². The standard InChI is InChI=1S/C13H13NO5S/c1-18-13(15)10-4-6-12(7-5-10)20(16,17)14-9-11-3-2-8-19-11/h2-8,14H,9H2,1H3. The van der Waals surface area contributed by atoms with Crippen LogP contribution in [0.15, 0.2) is 52.0 Å². The molecule has 0 bridgehead atoms. The Balaban J connectivity index is 2.11. The molecule has 0 unspecified atom stereocenters. The van der Waals surface area contributed by atoms with E-state index in [1.165, 1.54) is 37.6 Å². The van der Waals surface area contributed by atoms with Gasteiger partial charge in [0.25, 0.3) is 0 Å². The molecule has 0 aliphatic heterocycles. The van der Waals surface area contributed by atoms with Crippen LogP contribution in [-0.4, -0.2) is 21.5 Å². The van der Waals surface area contributed by atoms with E-state index in [-0.39, 0.29) is 17.0 Å². The summed E-state index contributed by atoms with van der Waals surface area (Å²) in [5.74, 6) is -0.00255. The predicted molar refractivity (Wildman–Crippen MR) is 70.5 cm³/mol. The molecule has 0 saturated heterocycles. The predicted octanol–water partition coefficient (Wildman–Crippen LogP) is 1.54. The summed E-state index contributed by atoms with van der Waals surface area (Å²) in [5.41, 5.74) is 0.289. The number of rotatable bonds is 5. The Morgan fingerprint density at radius 1 is 1.25 bits per heavy atom. The van der Waals surface area contributed by atoms with Crippen LogP contribution in [0.2, 0.25) is 0 Å². The highest BCUT2D eigenvalue weighted by atomic mass is 32.2. The monoisotopic (exact) mass is 295 g/mol. The minimum atomic E-state index is -3.65. The van der Waals surface area contributed by atoms with E-state index in [4.69, 9.17) is 4.42 Å². The highest BCUT2D eigenvalue weighted by molar-refractivity contribution is 7.89. The second-order valence-electron chi connectivity index (χ2n) is 3.92. The molecule has 1 aromatic heterocycles. The van der Waals surface area contributed by atoms with Crippen LogP contribution in [-0.2, 0) is 21.3 Å². The lowest BCUT2D eigenvalue weighted by Crippen LogP contribution is -2.23. The van der Waals surface area contributed by atoms with Crippen molar-refractivity contribution in [3.63, 3.8) is 0 Å². The van der Waals surface area contributed by atoms with Gasteiger partial charge >= 0.3 is 5.97 Å². The number of nitrogens with one attached hydrogen (secondary N) is 1. The van der Waals surface area contributed by atoms with Gasteiger partial charge in [-0.15, -0.1) is 0 Å². The smallest absolute Gasteiger partial charge is 0.337 e. The first-order valence-electron chi connectivity index (χ1n) is 5.73. The van der Waals surface area contributed by atoms with Crippen LogP contribution >= 0.6 is 0 Å². The number of hydrogen-bond donors (Lipinski definition) is 1. The maximum absolute atomic E-state index is 12.0. The summed E-state index contributed by atoms with van der Waals surface area (Å²) in [6, 6.07) is 8.83. The number of sulfonamides is 1. The summed E-state index contributed by atoms with van der Waals surface area (Å²) < 4.78 is 36.0. The van der Waals surface area contributed by atoms with Gasteiger partial charge in [0.15, 0.2) is 0 Å². The fraction of sp³-hybridized carbons (Fsp3) is 0.154. The van der Waals surface area contributed by atoms with Crippen molar-refractivity contribution in [2.75, 3.05) is 7.11 Å². The number of carbonyl (C=O) groups is 1. The number of benzene rings is 1. The van der Waals surface area contributed by atoms with Crippen molar-refractivity contribution >= 4 is 16.0 Å². The van der Waals surface area contributed by atoms with Gasteiger partial charge in [-0.3, -0.25) is 0 Å². The average molecular weight is 295 g/mol. The van der Waals surface area contributed by atoms with Gasteiger partial charge < -0.3 is 9.15 Å². The van der Waals surface area contributed by atoms with Crippen molar-refractivity contribution < 1.29 is 22.4 Å². The molecule has 6 nitrogen and oxygen atoms in total. The van der Waals surface area contributed by atoms with Gasteiger partial charge in [-0.25, -0.2) is 17.9 Å². The van der Waals surface area contributed by atoms with Crippen LogP contribution in [0.1, 0.15) is 16.1 Å². The lowest BCUT2D eigenvalue weighted by Gasteiger charge is -2.06. The molecule has 0 fully saturated rings. The third-order valence-corrected chi connectivity index (χ3v) is 4.02. The molecule has 0 aliphatic carbocycles. The van der Waals surface area contributed by atoms with E-state index in [2.05, 4.69) is 9.46 Å². The minimum Gasteiger partial charge on any atom is -0.468 e. The normalized spacial score (nSPS) is 11.2. The fourth-order valence-electron chi connectivity index (χ4n) is 1.55. The number of furan rings is 1. The van der Waals surface area contributed by atoms with Crippen LogP contribution in [0.25, 0.3) is 0 Å². The average Bonchev–Trinajstić information content (AvgIpc) is 2.98. The molecule has 106 valence electrons. The number of methoxy groups -OCH3 is 1. The fourth-order valence-corrected chi connectivity index (χ4v) is 2.54. The molecule has 0 amide bonds. The SMILES string of the molecule is COC(=O)c1ccc(S(=O)(=O)NCc2ccco2)cc1. The molecular weight excluding hydrogens is 282 g/mol.